The highest BCUT2D eigenvalue weighted by atomic mass is 16.5. The van der Waals surface area contributed by atoms with Gasteiger partial charge < -0.3 is 20.5 Å². The molecule has 1 aromatic rings. The van der Waals surface area contributed by atoms with Crippen molar-refractivity contribution in [1.29, 1.82) is 0 Å². The Morgan fingerprint density at radius 3 is 2.33 bits per heavy atom. The number of hydrogen-bond acceptors (Lipinski definition) is 4. The van der Waals surface area contributed by atoms with Crippen LogP contribution in [-0.2, 0) is 20.9 Å². The maximum atomic E-state index is 12.6. The number of alkyl carbamates (subject to hydrolysis) is 1. The number of rotatable bonds is 10. The molecule has 3 N–H and O–H groups in total. The maximum absolute atomic E-state index is 12.6. The minimum atomic E-state index is -1.05. The van der Waals surface area contributed by atoms with Crippen LogP contribution < -0.4 is 10.6 Å². The highest BCUT2D eigenvalue weighted by Crippen LogP contribution is 2.33. The first-order chi connectivity index (χ1) is 12.8. The molecule has 2 rings (SSSR count). The Labute approximate surface area is 159 Å². The van der Waals surface area contributed by atoms with Crippen molar-refractivity contribution in [3.63, 3.8) is 0 Å². The number of amides is 2. The fraction of sp³-hybridized carbons (Fsp3) is 0.550. The molecule has 0 aromatic heterocycles. The van der Waals surface area contributed by atoms with Crippen LogP contribution >= 0.6 is 0 Å². The van der Waals surface area contributed by atoms with E-state index in [9.17, 15) is 19.5 Å². The summed E-state index contributed by atoms with van der Waals surface area (Å²) in [6.45, 7) is 3.95. The van der Waals surface area contributed by atoms with E-state index in [1.807, 2.05) is 44.2 Å². The molecule has 1 aromatic carbocycles. The van der Waals surface area contributed by atoms with Gasteiger partial charge in [0, 0.05) is 0 Å². The summed E-state index contributed by atoms with van der Waals surface area (Å²) in [6.07, 6.45) is 2.11. The Kier molecular flexibility index (Phi) is 7.64. The standard InChI is InChI=1S/C20H28N2O5/c1-13(2)10-16(18(23)21-17(19(24)25)11-14-8-9-14)22-20(26)27-12-15-6-4-3-5-7-15/h3-7,13-14,16-17H,8-12H2,1-2H3,(H,21,23)(H,22,26)(H,24,25)/t16-,17+/m0/s1. The highest BCUT2D eigenvalue weighted by molar-refractivity contribution is 5.89. The van der Waals surface area contributed by atoms with E-state index in [1.165, 1.54) is 0 Å². The number of carboxylic acid groups (broad SMARTS) is 1. The molecule has 1 aliphatic carbocycles. The lowest BCUT2D eigenvalue weighted by molar-refractivity contribution is -0.142. The summed E-state index contributed by atoms with van der Waals surface area (Å²) in [4.78, 5) is 36.0. The number of hydrogen-bond donors (Lipinski definition) is 3. The van der Waals surface area contributed by atoms with Gasteiger partial charge in [0.05, 0.1) is 0 Å². The number of ether oxygens (including phenoxy) is 1. The third kappa shape index (κ3) is 7.68. The van der Waals surface area contributed by atoms with Gasteiger partial charge in [-0.2, -0.15) is 0 Å². The first kappa shape index (κ1) is 20.7. The molecule has 1 saturated carbocycles. The predicted octanol–water partition coefficient (Wildman–Crippen LogP) is 2.70. The zero-order valence-electron chi connectivity index (χ0n) is 15.8. The van der Waals surface area contributed by atoms with E-state index in [1.54, 1.807) is 0 Å². The molecule has 0 spiro atoms. The number of carboxylic acids is 1. The Hall–Kier alpha value is -2.57. The van der Waals surface area contributed by atoms with Gasteiger partial charge in [0.15, 0.2) is 0 Å². The van der Waals surface area contributed by atoms with Crippen molar-refractivity contribution >= 4 is 18.0 Å². The van der Waals surface area contributed by atoms with Crippen molar-refractivity contribution < 1.29 is 24.2 Å². The topological polar surface area (TPSA) is 105 Å². The van der Waals surface area contributed by atoms with Crippen LogP contribution in [0.25, 0.3) is 0 Å². The van der Waals surface area contributed by atoms with Gasteiger partial charge in [-0.1, -0.05) is 57.0 Å². The molecule has 0 heterocycles. The van der Waals surface area contributed by atoms with E-state index in [4.69, 9.17) is 4.74 Å². The molecular weight excluding hydrogens is 348 g/mol. The summed E-state index contributed by atoms with van der Waals surface area (Å²) < 4.78 is 5.17. The van der Waals surface area contributed by atoms with Gasteiger partial charge in [-0.15, -0.1) is 0 Å². The lowest BCUT2D eigenvalue weighted by atomic mass is 10.0. The van der Waals surface area contributed by atoms with Gasteiger partial charge in [-0.3, -0.25) is 4.79 Å². The van der Waals surface area contributed by atoms with Gasteiger partial charge >= 0.3 is 12.1 Å². The first-order valence-electron chi connectivity index (χ1n) is 9.35. The zero-order chi connectivity index (χ0) is 19.8. The third-order valence-corrected chi connectivity index (χ3v) is 4.41. The molecule has 1 fully saturated rings. The summed E-state index contributed by atoms with van der Waals surface area (Å²) in [7, 11) is 0. The molecule has 0 aliphatic heterocycles. The smallest absolute Gasteiger partial charge is 0.408 e. The molecular formula is C20H28N2O5. The van der Waals surface area contributed by atoms with Crippen LogP contribution in [-0.4, -0.2) is 35.2 Å². The molecule has 1 aliphatic rings. The number of carbonyl (C=O) groups is 3. The van der Waals surface area contributed by atoms with Crippen LogP contribution in [0.15, 0.2) is 30.3 Å². The molecule has 7 nitrogen and oxygen atoms in total. The van der Waals surface area contributed by atoms with Crippen LogP contribution in [0.2, 0.25) is 0 Å². The molecule has 0 radical (unpaired) electrons. The van der Waals surface area contributed by atoms with Crippen LogP contribution in [0.1, 0.15) is 45.1 Å². The highest BCUT2D eigenvalue weighted by Gasteiger charge is 2.32. The van der Waals surface area contributed by atoms with E-state index < -0.39 is 30.1 Å². The number of benzene rings is 1. The predicted molar refractivity (Wildman–Crippen MR) is 99.9 cm³/mol. The summed E-state index contributed by atoms with van der Waals surface area (Å²) in [5.41, 5.74) is 0.841. The van der Waals surface area contributed by atoms with Crippen molar-refractivity contribution in [3.05, 3.63) is 35.9 Å². The second-order valence-electron chi connectivity index (χ2n) is 7.47. The molecule has 27 heavy (non-hydrogen) atoms. The molecule has 148 valence electrons. The minimum absolute atomic E-state index is 0.0993. The van der Waals surface area contributed by atoms with Crippen LogP contribution in [0.3, 0.4) is 0 Å². The normalized spacial score (nSPS) is 15.7. The van der Waals surface area contributed by atoms with E-state index >= 15 is 0 Å². The monoisotopic (exact) mass is 376 g/mol. The molecule has 0 unspecified atom stereocenters. The molecule has 0 bridgehead atoms. The lowest BCUT2D eigenvalue weighted by Gasteiger charge is -2.22. The fourth-order valence-corrected chi connectivity index (χ4v) is 2.79. The average Bonchev–Trinajstić information content (AvgIpc) is 3.43. The molecule has 0 saturated heterocycles. The summed E-state index contributed by atoms with van der Waals surface area (Å²) >= 11 is 0. The molecule has 2 atom stereocenters. The SMILES string of the molecule is CC(C)C[C@H](NC(=O)OCc1ccccc1)C(=O)N[C@H](CC1CC1)C(=O)O. The third-order valence-electron chi connectivity index (χ3n) is 4.41. The van der Waals surface area contributed by atoms with Crippen LogP contribution in [0, 0.1) is 11.8 Å². The van der Waals surface area contributed by atoms with Gasteiger partial charge in [0.25, 0.3) is 0 Å². The van der Waals surface area contributed by atoms with E-state index in [0.29, 0.717) is 18.8 Å². The van der Waals surface area contributed by atoms with Crippen molar-refractivity contribution in [3.8, 4) is 0 Å². The number of nitrogens with one attached hydrogen (secondary N) is 2. The largest absolute Gasteiger partial charge is 0.480 e. The second kappa shape index (κ2) is 9.94. The summed E-state index contributed by atoms with van der Waals surface area (Å²) in [6, 6.07) is 7.46. The minimum Gasteiger partial charge on any atom is -0.480 e. The second-order valence-corrected chi connectivity index (χ2v) is 7.47. The quantitative estimate of drug-likeness (QED) is 0.582. The van der Waals surface area contributed by atoms with Crippen molar-refractivity contribution in [2.75, 3.05) is 0 Å². The van der Waals surface area contributed by atoms with Gasteiger partial charge in [-0.05, 0) is 30.2 Å². The van der Waals surface area contributed by atoms with E-state index in [2.05, 4.69) is 10.6 Å². The fourth-order valence-electron chi connectivity index (χ4n) is 2.79. The Bertz CT molecular complexity index is 643. The number of aliphatic carboxylic acids is 1. The number of carbonyl (C=O) groups excluding carboxylic acids is 2. The summed E-state index contributed by atoms with van der Waals surface area (Å²) in [5, 5.41) is 14.5. The van der Waals surface area contributed by atoms with Gasteiger partial charge in [0.1, 0.15) is 18.7 Å². The Balaban J connectivity index is 1.90. The summed E-state index contributed by atoms with van der Waals surface area (Å²) in [5.74, 6) is -1.04. The lowest BCUT2D eigenvalue weighted by Crippen LogP contribution is -2.52. The van der Waals surface area contributed by atoms with Crippen molar-refractivity contribution in [1.82, 2.24) is 10.6 Å². The zero-order valence-corrected chi connectivity index (χ0v) is 15.8. The van der Waals surface area contributed by atoms with E-state index in [0.717, 1.165) is 18.4 Å². The average molecular weight is 376 g/mol. The first-order valence-corrected chi connectivity index (χ1v) is 9.35. The Morgan fingerprint density at radius 1 is 1.11 bits per heavy atom. The molecule has 2 amide bonds. The molecule has 7 heteroatoms. The van der Waals surface area contributed by atoms with Crippen molar-refractivity contribution in [2.24, 2.45) is 11.8 Å². The van der Waals surface area contributed by atoms with Gasteiger partial charge in [-0.25, -0.2) is 9.59 Å². The van der Waals surface area contributed by atoms with E-state index in [-0.39, 0.29) is 12.5 Å². The van der Waals surface area contributed by atoms with Crippen LogP contribution in [0.5, 0.6) is 0 Å². The van der Waals surface area contributed by atoms with Crippen LogP contribution in [0.4, 0.5) is 4.79 Å². The Morgan fingerprint density at radius 2 is 1.78 bits per heavy atom. The maximum Gasteiger partial charge on any atom is 0.408 e. The van der Waals surface area contributed by atoms with Gasteiger partial charge in [0.2, 0.25) is 5.91 Å². The van der Waals surface area contributed by atoms with Crippen molar-refractivity contribution in [2.45, 2.75) is 58.2 Å².